The Morgan fingerprint density at radius 3 is 2.56 bits per heavy atom. The van der Waals surface area contributed by atoms with Gasteiger partial charge < -0.3 is 15.5 Å². The van der Waals surface area contributed by atoms with Gasteiger partial charge in [0.1, 0.15) is 6.54 Å². The molecule has 1 aliphatic heterocycles. The van der Waals surface area contributed by atoms with E-state index in [0.717, 1.165) is 23.2 Å². The Morgan fingerprint density at radius 1 is 1.22 bits per heavy atom. The maximum Gasteiger partial charge on any atom is 0.316 e. The molecule has 0 saturated heterocycles. The summed E-state index contributed by atoms with van der Waals surface area (Å²) >= 11 is 6.28. The van der Waals surface area contributed by atoms with Crippen LogP contribution < -0.4 is 10.6 Å². The number of primary amides is 1. The molecule has 1 aliphatic rings. The molecule has 1 unspecified atom stereocenters. The fourth-order valence-corrected chi connectivity index (χ4v) is 3.63. The van der Waals surface area contributed by atoms with Gasteiger partial charge in [0.25, 0.3) is 0 Å². The fourth-order valence-electron chi connectivity index (χ4n) is 3.45. The van der Waals surface area contributed by atoms with Gasteiger partial charge in [0.15, 0.2) is 0 Å². The van der Waals surface area contributed by atoms with Gasteiger partial charge in [-0.2, -0.15) is 0 Å². The number of nitrogens with zero attached hydrogens (tertiary/aromatic N) is 2. The molecule has 0 radical (unpaired) electrons. The van der Waals surface area contributed by atoms with E-state index < -0.39 is 12.1 Å². The van der Waals surface area contributed by atoms with Gasteiger partial charge in [-0.15, -0.1) is 0 Å². The summed E-state index contributed by atoms with van der Waals surface area (Å²) in [6.45, 7) is 4.75. The molecular formula is C21H24ClN3O2. The molecule has 2 aromatic carbocycles. The zero-order valence-electron chi connectivity index (χ0n) is 15.6. The Balaban J connectivity index is 2.18. The molecule has 0 spiro atoms. The molecule has 0 aromatic heterocycles. The molecule has 142 valence electrons. The molecule has 0 bridgehead atoms. The normalized spacial score (nSPS) is 17.0. The molecule has 5 nitrogen and oxygen atoms in total. The number of amides is 3. The number of carbonyl (C=O) groups is 2. The van der Waals surface area contributed by atoms with Crippen molar-refractivity contribution >= 4 is 29.2 Å². The molecular weight excluding hydrogens is 362 g/mol. The average Bonchev–Trinajstić information content (AvgIpc) is 2.74. The van der Waals surface area contributed by atoms with Gasteiger partial charge in [-0.25, -0.2) is 4.79 Å². The third-order valence-electron chi connectivity index (χ3n) is 4.82. The number of hydrogen-bond acceptors (Lipinski definition) is 2. The minimum atomic E-state index is -0.631. The quantitative estimate of drug-likeness (QED) is 0.856. The molecule has 6 heteroatoms. The zero-order valence-corrected chi connectivity index (χ0v) is 16.3. The van der Waals surface area contributed by atoms with Crippen molar-refractivity contribution in [2.45, 2.75) is 26.3 Å². The van der Waals surface area contributed by atoms with Crippen LogP contribution in [0, 0.1) is 5.92 Å². The lowest BCUT2D eigenvalue weighted by atomic mass is 9.95. The molecule has 3 amide bonds. The highest BCUT2D eigenvalue weighted by atomic mass is 35.5. The summed E-state index contributed by atoms with van der Waals surface area (Å²) in [5.41, 5.74) is 8.15. The summed E-state index contributed by atoms with van der Waals surface area (Å²) < 4.78 is 0. The molecule has 0 fully saturated rings. The number of urea groups is 1. The van der Waals surface area contributed by atoms with Gasteiger partial charge in [0.05, 0.1) is 6.04 Å². The van der Waals surface area contributed by atoms with E-state index in [4.69, 9.17) is 17.3 Å². The molecule has 27 heavy (non-hydrogen) atoms. The Kier molecular flexibility index (Phi) is 5.71. The number of rotatable bonds is 4. The predicted octanol–water partition coefficient (Wildman–Crippen LogP) is 4.20. The lowest BCUT2D eigenvalue weighted by Crippen LogP contribution is -2.44. The summed E-state index contributed by atoms with van der Waals surface area (Å²) in [6, 6.07) is 13.9. The largest absolute Gasteiger partial charge is 0.351 e. The summed E-state index contributed by atoms with van der Waals surface area (Å²) in [5.74, 6) is 0.311. The monoisotopic (exact) mass is 385 g/mol. The van der Waals surface area contributed by atoms with Crippen LogP contribution in [-0.4, -0.2) is 29.9 Å². The maximum absolute atomic E-state index is 13.0. The second-order valence-corrected chi connectivity index (χ2v) is 7.65. The Morgan fingerprint density at radius 2 is 1.93 bits per heavy atom. The van der Waals surface area contributed by atoms with E-state index in [1.165, 1.54) is 4.90 Å². The van der Waals surface area contributed by atoms with E-state index in [1.807, 2.05) is 42.5 Å². The van der Waals surface area contributed by atoms with E-state index in [2.05, 4.69) is 13.8 Å². The highest BCUT2D eigenvalue weighted by Crippen LogP contribution is 2.39. The molecule has 0 aliphatic carbocycles. The van der Waals surface area contributed by atoms with E-state index in [1.54, 1.807) is 11.0 Å². The molecule has 0 saturated carbocycles. The highest BCUT2D eigenvalue weighted by Gasteiger charge is 2.36. The van der Waals surface area contributed by atoms with Crippen molar-refractivity contribution in [2.24, 2.45) is 11.7 Å². The van der Waals surface area contributed by atoms with E-state index in [0.29, 0.717) is 17.5 Å². The average molecular weight is 386 g/mol. The first-order valence-electron chi connectivity index (χ1n) is 9.09. The van der Waals surface area contributed by atoms with Crippen LogP contribution >= 0.6 is 11.6 Å². The van der Waals surface area contributed by atoms with Gasteiger partial charge in [-0.3, -0.25) is 4.79 Å². The molecule has 1 heterocycles. The van der Waals surface area contributed by atoms with Crippen molar-refractivity contribution in [3.63, 3.8) is 0 Å². The second-order valence-electron chi connectivity index (χ2n) is 7.21. The first-order valence-corrected chi connectivity index (χ1v) is 9.47. The van der Waals surface area contributed by atoms with Crippen molar-refractivity contribution in [3.05, 3.63) is 64.7 Å². The molecule has 2 aromatic rings. The smallest absolute Gasteiger partial charge is 0.316 e. The number of halogens is 1. The Bertz CT molecular complexity index is 839. The lowest BCUT2D eigenvalue weighted by molar-refractivity contribution is -0.119. The van der Waals surface area contributed by atoms with Crippen molar-refractivity contribution in [2.75, 3.05) is 18.0 Å². The van der Waals surface area contributed by atoms with Crippen molar-refractivity contribution < 1.29 is 9.59 Å². The van der Waals surface area contributed by atoms with Gasteiger partial charge >= 0.3 is 6.03 Å². The fraction of sp³-hybridized carbons (Fsp3) is 0.333. The van der Waals surface area contributed by atoms with Crippen LogP contribution in [0.2, 0.25) is 5.02 Å². The van der Waals surface area contributed by atoms with Gasteiger partial charge in [-0.1, -0.05) is 55.8 Å². The third kappa shape index (κ3) is 4.08. The lowest BCUT2D eigenvalue weighted by Gasteiger charge is -2.29. The van der Waals surface area contributed by atoms with Crippen LogP contribution in [-0.2, 0) is 4.79 Å². The van der Waals surface area contributed by atoms with E-state index >= 15 is 0 Å². The minimum absolute atomic E-state index is 0.0702. The number of nitrogens with two attached hydrogens (primary N) is 1. The number of carbonyl (C=O) groups excluding carboxylic acids is 2. The Hall–Kier alpha value is -2.53. The summed E-state index contributed by atoms with van der Waals surface area (Å²) in [7, 11) is 0. The maximum atomic E-state index is 13.0. The van der Waals surface area contributed by atoms with Crippen LogP contribution in [0.15, 0.2) is 48.5 Å². The second kappa shape index (κ2) is 8.01. The van der Waals surface area contributed by atoms with Crippen LogP contribution in [0.3, 0.4) is 0 Å². The first-order chi connectivity index (χ1) is 12.9. The van der Waals surface area contributed by atoms with Crippen molar-refractivity contribution in [1.29, 1.82) is 0 Å². The standard InChI is InChI=1S/C21H24ClN3O2/c1-14(2)10-11-24-18-9-8-16(22)12-17(18)20(15-6-4-3-5-7-15)25(21(23)27)13-19(24)26/h3-9,12,14,20H,10-11,13H2,1-2H3,(H2,23,27). The van der Waals surface area contributed by atoms with Crippen molar-refractivity contribution in [3.8, 4) is 0 Å². The number of fused-ring (bicyclic) bond motifs is 1. The number of benzene rings is 2. The number of hydrogen-bond donors (Lipinski definition) is 1. The summed E-state index contributed by atoms with van der Waals surface area (Å²) in [5, 5.41) is 0.553. The van der Waals surface area contributed by atoms with Crippen LogP contribution in [0.4, 0.5) is 10.5 Å². The van der Waals surface area contributed by atoms with Gasteiger partial charge in [0.2, 0.25) is 5.91 Å². The van der Waals surface area contributed by atoms with Gasteiger partial charge in [0, 0.05) is 22.8 Å². The highest BCUT2D eigenvalue weighted by molar-refractivity contribution is 6.30. The van der Waals surface area contributed by atoms with Crippen LogP contribution in [0.5, 0.6) is 0 Å². The van der Waals surface area contributed by atoms with E-state index in [9.17, 15) is 9.59 Å². The summed E-state index contributed by atoms with van der Waals surface area (Å²) in [6.07, 6.45) is 0.861. The van der Waals surface area contributed by atoms with Gasteiger partial charge in [-0.05, 0) is 36.1 Å². The first kappa shape index (κ1) is 19.2. The summed E-state index contributed by atoms with van der Waals surface area (Å²) in [4.78, 5) is 28.4. The van der Waals surface area contributed by atoms with Crippen LogP contribution in [0.1, 0.15) is 37.4 Å². The van der Waals surface area contributed by atoms with E-state index in [-0.39, 0.29) is 12.5 Å². The molecule has 1 atom stereocenters. The number of anilines is 1. The minimum Gasteiger partial charge on any atom is -0.351 e. The third-order valence-corrected chi connectivity index (χ3v) is 5.06. The van der Waals surface area contributed by atoms with Crippen molar-refractivity contribution in [1.82, 2.24) is 4.90 Å². The Labute approximate surface area is 164 Å². The van der Waals surface area contributed by atoms with Crippen LogP contribution in [0.25, 0.3) is 0 Å². The predicted molar refractivity (Wildman–Crippen MR) is 108 cm³/mol. The molecule has 2 N–H and O–H groups in total. The molecule has 3 rings (SSSR count). The zero-order chi connectivity index (χ0) is 19.6. The SMILES string of the molecule is CC(C)CCN1C(=O)CN(C(N)=O)C(c2ccccc2)c2cc(Cl)ccc21. The topological polar surface area (TPSA) is 66.6 Å².